The van der Waals surface area contributed by atoms with E-state index in [0.717, 1.165) is 16.5 Å². The number of fused-ring (bicyclic) bond motifs is 1. The summed E-state index contributed by atoms with van der Waals surface area (Å²) in [7, 11) is 0. The van der Waals surface area contributed by atoms with Gasteiger partial charge in [-0.3, -0.25) is 0 Å². The Morgan fingerprint density at radius 3 is 2.55 bits per heavy atom. The van der Waals surface area contributed by atoms with E-state index in [-0.39, 0.29) is 6.61 Å². The highest BCUT2D eigenvalue weighted by atomic mass is 16.5. The van der Waals surface area contributed by atoms with Crippen LogP contribution in [0.25, 0.3) is 10.9 Å². The Labute approximate surface area is 116 Å². The van der Waals surface area contributed by atoms with Crippen molar-refractivity contribution in [1.82, 2.24) is 4.98 Å². The molecule has 0 amide bonds. The number of nitrogens with zero attached hydrogens (tertiary/aromatic N) is 1. The number of benzene rings is 2. The van der Waals surface area contributed by atoms with Crippen molar-refractivity contribution in [3.63, 3.8) is 0 Å². The van der Waals surface area contributed by atoms with Crippen molar-refractivity contribution in [2.45, 2.75) is 6.61 Å². The van der Waals surface area contributed by atoms with Gasteiger partial charge in [0.05, 0.1) is 12.1 Å². The summed E-state index contributed by atoms with van der Waals surface area (Å²) >= 11 is 0. The molecule has 1 aromatic heterocycles. The molecule has 3 rings (SSSR count). The standard InChI is InChI=1S/C16H14N2O2/c17-13-4-7-15-12(9-13)3-8-16(18-15)20-14-5-1-11(10-19)2-6-14/h1-9,19H,10,17H2. The Kier molecular flexibility index (Phi) is 3.23. The fourth-order valence-electron chi connectivity index (χ4n) is 1.97. The number of hydrogen-bond donors (Lipinski definition) is 2. The van der Waals surface area contributed by atoms with Crippen LogP contribution < -0.4 is 10.5 Å². The number of rotatable bonds is 3. The van der Waals surface area contributed by atoms with Gasteiger partial charge in [-0.25, -0.2) is 4.98 Å². The summed E-state index contributed by atoms with van der Waals surface area (Å²) < 4.78 is 5.69. The molecular weight excluding hydrogens is 252 g/mol. The Balaban J connectivity index is 1.88. The van der Waals surface area contributed by atoms with Crippen LogP contribution in [-0.4, -0.2) is 10.1 Å². The lowest BCUT2D eigenvalue weighted by Crippen LogP contribution is -1.90. The summed E-state index contributed by atoms with van der Waals surface area (Å²) in [6, 6.07) is 16.5. The average Bonchev–Trinajstić information content (AvgIpc) is 2.48. The molecule has 0 unspecified atom stereocenters. The maximum absolute atomic E-state index is 9.00. The number of nitrogens with two attached hydrogens (primary N) is 1. The molecule has 3 aromatic rings. The fourth-order valence-corrected chi connectivity index (χ4v) is 1.97. The molecule has 0 bridgehead atoms. The van der Waals surface area contributed by atoms with E-state index in [1.807, 2.05) is 42.5 Å². The van der Waals surface area contributed by atoms with Gasteiger partial charge in [-0.05, 0) is 42.0 Å². The van der Waals surface area contributed by atoms with E-state index in [4.69, 9.17) is 15.6 Å². The molecule has 100 valence electrons. The minimum absolute atomic E-state index is 0.0237. The molecular formula is C16H14N2O2. The van der Waals surface area contributed by atoms with E-state index in [1.54, 1.807) is 12.1 Å². The number of anilines is 1. The second-order valence-electron chi connectivity index (χ2n) is 4.51. The molecule has 0 spiro atoms. The van der Waals surface area contributed by atoms with Gasteiger partial charge in [-0.2, -0.15) is 0 Å². The van der Waals surface area contributed by atoms with E-state index >= 15 is 0 Å². The zero-order valence-electron chi connectivity index (χ0n) is 10.8. The Morgan fingerprint density at radius 1 is 1.00 bits per heavy atom. The largest absolute Gasteiger partial charge is 0.439 e. The normalized spacial score (nSPS) is 10.7. The van der Waals surface area contributed by atoms with E-state index in [1.165, 1.54) is 0 Å². The van der Waals surface area contributed by atoms with Gasteiger partial charge < -0.3 is 15.6 Å². The first-order chi connectivity index (χ1) is 9.74. The second kappa shape index (κ2) is 5.19. The maximum atomic E-state index is 9.00. The van der Waals surface area contributed by atoms with E-state index < -0.39 is 0 Å². The molecule has 0 saturated carbocycles. The van der Waals surface area contributed by atoms with Gasteiger partial charge in [0.25, 0.3) is 0 Å². The number of ether oxygens (including phenoxy) is 1. The van der Waals surface area contributed by atoms with Crippen LogP contribution in [0.1, 0.15) is 5.56 Å². The van der Waals surface area contributed by atoms with Crippen molar-refractivity contribution in [1.29, 1.82) is 0 Å². The number of nitrogen functional groups attached to an aromatic ring is 1. The highest BCUT2D eigenvalue weighted by Gasteiger charge is 2.02. The highest BCUT2D eigenvalue weighted by molar-refractivity contribution is 5.82. The van der Waals surface area contributed by atoms with Crippen LogP contribution in [-0.2, 0) is 6.61 Å². The van der Waals surface area contributed by atoms with Gasteiger partial charge in [0.2, 0.25) is 5.88 Å². The maximum Gasteiger partial charge on any atom is 0.219 e. The number of hydrogen-bond acceptors (Lipinski definition) is 4. The number of aliphatic hydroxyl groups is 1. The summed E-state index contributed by atoms with van der Waals surface area (Å²) in [5.74, 6) is 1.21. The molecule has 0 radical (unpaired) electrons. The van der Waals surface area contributed by atoms with Crippen molar-refractivity contribution in [3.8, 4) is 11.6 Å². The molecule has 4 nitrogen and oxygen atoms in total. The van der Waals surface area contributed by atoms with Crippen LogP contribution in [0.5, 0.6) is 11.6 Å². The van der Waals surface area contributed by atoms with Crippen molar-refractivity contribution < 1.29 is 9.84 Å². The van der Waals surface area contributed by atoms with E-state index in [0.29, 0.717) is 17.3 Å². The lowest BCUT2D eigenvalue weighted by Gasteiger charge is -2.06. The van der Waals surface area contributed by atoms with Crippen molar-refractivity contribution >= 4 is 16.6 Å². The molecule has 3 N–H and O–H groups in total. The first kappa shape index (κ1) is 12.4. The van der Waals surface area contributed by atoms with Gasteiger partial charge in [0.1, 0.15) is 5.75 Å². The van der Waals surface area contributed by atoms with Crippen LogP contribution >= 0.6 is 0 Å². The molecule has 0 aliphatic heterocycles. The van der Waals surface area contributed by atoms with Gasteiger partial charge in [-0.15, -0.1) is 0 Å². The zero-order chi connectivity index (χ0) is 13.9. The fraction of sp³-hybridized carbons (Fsp3) is 0.0625. The molecule has 0 aliphatic carbocycles. The number of pyridine rings is 1. The summed E-state index contributed by atoms with van der Waals surface area (Å²) in [5.41, 5.74) is 8.13. The van der Waals surface area contributed by atoms with Crippen molar-refractivity contribution in [3.05, 3.63) is 60.2 Å². The van der Waals surface area contributed by atoms with E-state index in [9.17, 15) is 0 Å². The zero-order valence-corrected chi connectivity index (χ0v) is 10.8. The van der Waals surface area contributed by atoms with E-state index in [2.05, 4.69) is 4.98 Å². The molecule has 0 saturated heterocycles. The molecule has 0 aliphatic rings. The van der Waals surface area contributed by atoms with Crippen molar-refractivity contribution in [2.75, 3.05) is 5.73 Å². The minimum atomic E-state index is 0.0237. The lowest BCUT2D eigenvalue weighted by molar-refractivity contribution is 0.281. The van der Waals surface area contributed by atoms with Crippen molar-refractivity contribution in [2.24, 2.45) is 0 Å². The third-order valence-electron chi connectivity index (χ3n) is 3.02. The quantitative estimate of drug-likeness (QED) is 0.715. The number of aliphatic hydroxyl groups excluding tert-OH is 1. The predicted octanol–water partition coefficient (Wildman–Crippen LogP) is 3.10. The van der Waals surface area contributed by atoms with Crippen LogP contribution in [0, 0.1) is 0 Å². The molecule has 4 heteroatoms. The minimum Gasteiger partial charge on any atom is -0.439 e. The molecule has 1 heterocycles. The molecule has 20 heavy (non-hydrogen) atoms. The summed E-state index contributed by atoms with van der Waals surface area (Å²) in [6.45, 7) is 0.0237. The highest BCUT2D eigenvalue weighted by Crippen LogP contribution is 2.23. The molecule has 0 fully saturated rings. The van der Waals surface area contributed by atoms with Gasteiger partial charge in [0.15, 0.2) is 0 Å². The van der Waals surface area contributed by atoms with Crippen LogP contribution in [0.2, 0.25) is 0 Å². The van der Waals surface area contributed by atoms with Crippen LogP contribution in [0.15, 0.2) is 54.6 Å². The van der Waals surface area contributed by atoms with Gasteiger partial charge in [0, 0.05) is 17.1 Å². The van der Waals surface area contributed by atoms with Crippen LogP contribution in [0.4, 0.5) is 5.69 Å². The Bertz CT molecular complexity index is 739. The molecule has 0 atom stereocenters. The smallest absolute Gasteiger partial charge is 0.219 e. The third kappa shape index (κ3) is 2.55. The van der Waals surface area contributed by atoms with Crippen LogP contribution in [0.3, 0.4) is 0 Å². The topological polar surface area (TPSA) is 68.4 Å². The first-order valence-corrected chi connectivity index (χ1v) is 6.28. The first-order valence-electron chi connectivity index (χ1n) is 6.28. The summed E-state index contributed by atoms with van der Waals surface area (Å²) in [4.78, 5) is 4.43. The second-order valence-corrected chi connectivity index (χ2v) is 4.51. The predicted molar refractivity (Wildman–Crippen MR) is 78.6 cm³/mol. The Morgan fingerprint density at radius 2 is 1.80 bits per heavy atom. The third-order valence-corrected chi connectivity index (χ3v) is 3.02. The molecule has 2 aromatic carbocycles. The summed E-state index contributed by atoms with van der Waals surface area (Å²) in [5, 5.41) is 9.98. The lowest BCUT2D eigenvalue weighted by atomic mass is 10.2. The van der Waals surface area contributed by atoms with Gasteiger partial charge >= 0.3 is 0 Å². The SMILES string of the molecule is Nc1ccc2nc(Oc3ccc(CO)cc3)ccc2c1. The monoisotopic (exact) mass is 266 g/mol. The Hall–Kier alpha value is -2.59. The van der Waals surface area contributed by atoms with Gasteiger partial charge in [-0.1, -0.05) is 12.1 Å². The average molecular weight is 266 g/mol. The number of aromatic nitrogens is 1. The summed E-state index contributed by atoms with van der Waals surface area (Å²) in [6.07, 6.45) is 0.